The summed E-state index contributed by atoms with van der Waals surface area (Å²) < 4.78 is 0. The van der Waals surface area contributed by atoms with E-state index in [0.29, 0.717) is 11.8 Å². The lowest BCUT2D eigenvalue weighted by molar-refractivity contribution is -0.770. The number of allylic oxidation sites excluding steroid dienone is 2. The van der Waals surface area contributed by atoms with Crippen LogP contribution in [-0.4, -0.2) is 11.2 Å². The monoisotopic (exact) mass is 221 g/mol. The van der Waals surface area contributed by atoms with Crippen molar-refractivity contribution in [2.24, 2.45) is 29.6 Å². The second-order valence-corrected chi connectivity index (χ2v) is 5.75. The Hall–Kier alpha value is -1.06. The molecule has 4 aliphatic carbocycles. The summed E-state index contributed by atoms with van der Waals surface area (Å²) in [5, 5.41) is 9.84. The van der Waals surface area contributed by atoms with E-state index in [1.807, 2.05) is 0 Å². The first kappa shape index (κ1) is 9.02. The molecule has 4 heteroatoms. The molecule has 0 heterocycles. The van der Waals surface area contributed by atoms with Crippen LogP contribution in [0.2, 0.25) is 0 Å². The third-order valence-electron chi connectivity index (χ3n) is 5.36. The highest BCUT2D eigenvalue weighted by Gasteiger charge is 2.64. The zero-order chi connectivity index (χ0) is 10.9. The molecule has 0 amide bonds. The predicted molar refractivity (Wildman–Crippen MR) is 55.9 cm³/mol. The van der Waals surface area contributed by atoms with E-state index in [2.05, 4.69) is 6.08 Å². The van der Waals surface area contributed by atoms with E-state index in [9.17, 15) is 10.1 Å². The first-order valence-corrected chi connectivity index (χ1v) is 6.27. The smallest absolute Gasteiger partial charge is 0.294 e. The predicted octanol–water partition coefficient (Wildman–Crippen LogP) is 2.19. The van der Waals surface area contributed by atoms with E-state index < -0.39 is 5.09 Å². The fourth-order valence-electron chi connectivity index (χ4n) is 5.05. The van der Waals surface area contributed by atoms with Gasteiger partial charge in [0, 0.05) is 0 Å². The van der Waals surface area contributed by atoms with Crippen molar-refractivity contribution < 1.29 is 9.92 Å². The van der Waals surface area contributed by atoms with Crippen LogP contribution < -0.4 is 0 Å². The molecule has 0 aromatic rings. The molecular weight excluding hydrogens is 206 g/mol. The molecule has 0 saturated heterocycles. The molecule has 86 valence electrons. The van der Waals surface area contributed by atoms with Gasteiger partial charge in [0.2, 0.25) is 0 Å². The summed E-state index contributed by atoms with van der Waals surface area (Å²) in [7, 11) is 0. The maximum absolute atomic E-state index is 10.4. The van der Waals surface area contributed by atoms with Gasteiger partial charge in [-0.2, -0.15) is 0 Å². The average molecular weight is 221 g/mol. The zero-order valence-corrected chi connectivity index (χ0v) is 9.04. The number of nitrogens with zero attached hydrogens (tertiary/aromatic N) is 1. The van der Waals surface area contributed by atoms with E-state index >= 15 is 0 Å². The first-order valence-electron chi connectivity index (χ1n) is 6.27. The summed E-state index contributed by atoms with van der Waals surface area (Å²) in [4.78, 5) is 15.3. The molecule has 0 spiro atoms. The van der Waals surface area contributed by atoms with Gasteiger partial charge < -0.3 is 4.84 Å². The van der Waals surface area contributed by atoms with Gasteiger partial charge in [0.15, 0.2) is 0 Å². The summed E-state index contributed by atoms with van der Waals surface area (Å²) in [6, 6.07) is 0. The van der Waals surface area contributed by atoms with Crippen molar-refractivity contribution in [2.75, 3.05) is 0 Å². The Bertz CT molecular complexity index is 392. The average Bonchev–Trinajstić information content (AvgIpc) is 2.80. The van der Waals surface area contributed by atoms with Crippen molar-refractivity contribution in [1.29, 1.82) is 0 Å². The maximum Gasteiger partial charge on any atom is 0.294 e. The van der Waals surface area contributed by atoms with Crippen molar-refractivity contribution in [2.45, 2.75) is 31.8 Å². The molecule has 4 aliphatic rings. The summed E-state index contributed by atoms with van der Waals surface area (Å²) in [5.41, 5.74) is 1.69. The number of fused-ring (bicyclic) bond motifs is 8. The second kappa shape index (κ2) is 2.79. The quantitative estimate of drug-likeness (QED) is 0.408. The SMILES string of the molecule is O=[N+]([O-])OC1CC2CC1C1C3CCC=C3C21. The molecular formula is C12H15NO3. The molecule has 3 fully saturated rings. The Morgan fingerprint density at radius 1 is 1.44 bits per heavy atom. The largest absolute Gasteiger partial charge is 0.310 e. The van der Waals surface area contributed by atoms with Crippen LogP contribution in [0.3, 0.4) is 0 Å². The molecule has 6 atom stereocenters. The number of rotatable bonds is 2. The van der Waals surface area contributed by atoms with E-state index in [1.165, 1.54) is 19.3 Å². The lowest BCUT2D eigenvalue weighted by Crippen LogP contribution is -2.46. The van der Waals surface area contributed by atoms with E-state index in [4.69, 9.17) is 4.84 Å². The van der Waals surface area contributed by atoms with Crippen molar-refractivity contribution in [3.63, 3.8) is 0 Å². The third kappa shape index (κ3) is 0.913. The van der Waals surface area contributed by atoms with Gasteiger partial charge in [0.25, 0.3) is 5.09 Å². The highest BCUT2D eigenvalue weighted by atomic mass is 17.0. The van der Waals surface area contributed by atoms with Crippen LogP contribution in [0.5, 0.6) is 0 Å². The van der Waals surface area contributed by atoms with Crippen LogP contribution in [-0.2, 0) is 4.84 Å². The van der Waals surface area contributed by atoms with Gasteiger partial charge in [-0.1, -0.05) is 11.6 Å². The number of hydrogen-bond donors (Lipinski definition) is 0. The molecule has 0 aliphatic heterocycles. The molecule has 4 rings (SSSR count). The highest BCUT2D eigenvalue weighted by Crippen LogP contribution is 2.68. The van der Waals surface area contributed by atoms with Gasteiger partial charge >= 0.3 is 0 Å². The van der Waals surface area contributed by atoms with Gasteiger partial charge in [-0.05, 0) is 55.3 Å². The summed E-state index contributed by atoms with van der Waals surface area (Å²) in [6.07, 6.45) is 6.93. The second-order valence-electron chi connectivity index (χ2n) is 5.75. The fraction of sp³-hybridized carbons (Fsp3) is 0.833. The molecule has 0 radical (unpaired) electrons. The maximum atomic E-state index is 10.4. The fourth-order valence-corrected chi connectivity index (χ4v) is 5.05. The molecule has 0 N–H and O–H groups in total. The van der Waals surface area contributed by atoms with Crippen LogP contribution in [0.1, 0.15) is 25.7 Å². The Labute approximate surface area is 93.8 Å². The molecule has 16 heavy (non-hydrogen) atoms. The summed E-state index contributed by atoms with van der Waals surface area (Å²) in [5.74, 6) is 3.42. The van der Waals surface area contributed by atoms with Crippen molar-refractivity contribution >= 4 is 0 Å². The molecule has 0 aromatic carbocycles. The minimum absolute atomic E-state index is 0.0941. The standard InChI is InChI=1S/C12H15NO3/c14-13(15)16-10-5-6-4-9(10)12-8-3-1-2-7(8)11(6)12/h2,6,8-12H,1,3-5H2. The van der Waals surface area contributed by atoms with Crippen LogP contribution in [0.15, 0.2) is 11.6 Å². The minimum atomic E-state index is -0.593. The Morgan fingerprint density at radius 2 is 2.31 bits per heavy atom. The van der Waals surface area contributed by atoms with Gasteiger partial charge in [-0.15, -0.1) is 10.1 Å². The molecule has 6 unspecified atom stereocenters. The molecule has 2 bridgehead atoms. The van der Waals surface area contributed by atoms with Crippen LogP contribution >= 0.6 is 0 Å². The minimum Gasteiger partial charge on any atom is -0.310 e. The van der Waals surface area contributed by atoms with Crippen LogP contribution in [0.25, 0.3) is 0 Å². The highest BCUT2D eigenvalue weighted by molar-refractivity contribution is 5.33. The number of hydrogen-bond acceptors (Lipinski definition) is 3. The van der Waals surface area contributed by atoms with E-state index in [0.717, 1.165) is 24.2 Å². The third-order valence-corrected chi connectivity index (χ3v) is 5.36. The van der Waals surface area contributed by atoms with Crippen molar-refractivity contribution in [3.8, 4) is 0 Å². The van der Waals surface area contributed by atoms with Gasteiger partial charge in [0.1, 0.15) is 6.10 Å². The Balaban J connectivity index is 1.58. The van der Waals surface area contributed by atoms with Gasteiger partial charge in [-0.3, -0.25) is 0 Å². The summed E-state index contributed by atoms with van der Waals surface area (Å²) in [6.45, 7) is 0. The van der Waals surface area contributed by atoms with Crippen LogP contribution in [0.4, 0.5) is 0 Å². The molecule has 3 saturated carbocycles. The van der Waals surface area contributed by atoms with E-state index in [1.54, 1.807) is 5.57 Å². The summed E-state index contributed by atoms with van der Waals surface area (Å²) >= 11 is 0. The lowest BCUT2D eigenvalue weighted by atomic mass is 9.56. The topological polar surface area (TPSA) is 52.4 Å². The lowest BCUT2D eigenvalue weighted by Gasteiger charge is -2.50. The van der Waals surface area contributed by atoms with Crippen molar-refractivity contribution in [3.05, 3.63) is 21.8 Å². The Kier molecular flexibility index (Phi) is 1.57. The molecule has 4 nitrogen and oxygen atoms in total. The van der Waals surface area contributed by atoms with Crippen LogP contribution in [0, 0.1) is 39.7 Å². The van der Waals surface area contributed by atoms with Gasteiger partial charge in [-0.25, -0.2) is 0 Å². The Morgan fingerprint density at radius 3 is 3.12 bits per heavy atom. The normalized spacial score (nSPS) is 51.6. The molecule has 0 aromatic heterocycles. The van der Waals surface area contributed by atoms with Crippen molar-refractivity contribution in [1.82, 2.24) is 0 Å². The first-order chi connectivity index (χ1) is 7.75. The zero-order valence-electron chi connectivity index (χ0n) is 9.04. The van der Waals surface area contributed by atoms with Gasteiger partial charge in [0.05, 0.1) is 0 Å². The van der Waals surface area contributed by atoms with E-state index in [-0.39, 0.29) is 6.10 Å².